The smallest absolute Gasteiger partial charge is 0.220 e. The van der Waals surface area contributed by atoms with Crippen molar-refractivity contribution in [1.29, 1.82) is 0 Å². The van der Waals surface area contributed by atoms with Crippen LogP contribution in [0.1, 0.15) is 24.7 Å². The molecule has 4 aromatic rings. The molecule has 31 heavy (non-hydrogen) atoms. The van der Waals surface area contributed by atoms with Crippen LogP contribution in [0.2, 0.25) is 0 Å². The summed E-state index contributed by atoms with van der Waals surface area (Å²) in [6.45, 7) is 3.25. The molecule has 160 valence electrons. The van der Waals surface area contributed by atoms with Gasteiger partial charge < -0.3 is 14.9 Å². The number of carbonyl (C=O) groups excluding carboxylic acids is 1. The molecule has 2 heterocycles. The number of benzene rings is 2. The Morgan fingerprint density at radius 3 is 2.71 bits per heavy atom. The molecule has 0 aliphatic carbocycles. The fourth-order valence-corrected chi connectivity index (χ4v) is 4.11. The molecule has 0 spiro atoms. The van der Waals surface area contributed by atoms with E-state index in [1.165, 1.54) is 12.1 Å². The zero-order valence-corrected chi connectivity index (χ0v) is 18.1. The fraction of sp³-hybridized carbons (Fsp3) is 0.261. The molecule has 6 nitrogen and oxygen atoms in total. The first kappa shape index (κ1) is 21.0. The van der Waals surface area contributed by atoms with Gasteiger partial charge in [0.1, 0.15) is 11.6 Å². The molecule has 2 aromatic carbocycles. The summed E-state index contributed by atoms with van der Waals surface area (Å²) in [4.78, 5) is 15.9. The zero-order valence-electron chi connectivity index (χ0n) is 17.2. The highest BCUT2D eigenvalue weighted by Gasteiger charge is 2.15. The van der Waals surface area contributed by atoms with Crippen LogP contribution in [0.5, 0.6) is 0 Å². The molecule has 0 saturated heterocycles. The minimum Gasteiger partial charge on any atom is -0.356 e. The second kappa shape index (κ2) is 9.26. The van der Waals surface area contributed by atoms with Crippen molar-refractivity contribution in [2.45, 2.75) is 32.7 Å². The highest BCUT2D eigenvalue weighted by Crippen LogP contribution is 2.31. The molecule has 0 saturated carbocycles. The standard InChI is InChI=1S/C23H24FN5OS/c1-2-29-20(27-28-23(29)31)13-14-25-21(30)12-11-18-17-5-3-4-6-19(17)26-22(18)15-7-9-16(24)10-8-15/h3-10,26H,2,11-14H2,1H3,(H,25,30)(H,28,31). The third-order valence-corrected chi connectivity index (χ3v) is 5.68. The Hall–Kier alpha value is -3.26. The monoisotopic (exact) mass is 437 g/mol. The number of amides is 1. The molecule has 1 amide bonds. The molecule has 0 radical (unpaired) electrons. The van der Waals surface area contributed by atoms with Gasteiger partial charge in [-0.2, -0.15) is 5.10 Å². The maximum Gasteiger partial charge on any atom is 0.220 e. The van der Waals surface area contributed by atoms with E-state index in [4.69, 9.17) is 12.2 Å². The van der Waals surface area contributed by atoms with Crippen LogP contribution in [0.3, 0.4) is 0 Å². The van der Waals surface area contributed by atoms with E-state index in [2.05, 4.69) is 20.5 Å². The molecule has 0 fully saturated rings. The summed E-state index contributed by atoms with van der Waals surface area (Å²) >= 11 is 5.19. The molecule has 0 bridgehead atoms. The summed E-state index contributed by atoms with van der Waals surface area (Å²) in [7, 11) is 0. The maximum atomic E-state index is 13.4. The minimum atomic E-state index is -0.273. The second-order valence-corrected chi connectivity index (χ2v) is 7.71. The summed E-state index contributed by atoms with van der Waals surface area (Å²) in [5, 5.41) is 11.1. The van der Waals surface area contributed by atoms with Crippen LogP contribution in [0.15, 0.2) is 48.5 Å². The van der Waals surface area contributed by atoms with E-state index in [0.29, 0.717) is 30.6 Å². The van der Waals surface area contributed by atoms with Crippen LogP contribution in [0.4, 0.5) is 4.39 Å². The molecule has 8 heteroatoms. The van der Waals surface area contributed by atoms with E-state index < -0.39 is 0 Å². The van der Waals surface area contributed by atoms with E-state index in [9.17, 15) is 9.18 Å². The molecule has 0 unspecified atom stereocenters. The fourth-order valence-electron chi connectivity index (χ4n) is 3.83. The van der Waals surface area contributed by atoms with Crippen LogP contribution in [0.25, 0.3) is 22.2 Å². The number of aromatic nitrogens is 4. The highest BCUT2D eigenvalue weighted by molar-refractivity contribution is 7.71. The summed E-state index contributed by atoms with van der Waals surface area (Å²) < 4.78 is 15.9. The van der Waals surface area contributed by atoms with Crippen molar-refractivity contribution in [3.8, 4) is 11.3 Å². The van der Waals surface area contributed by atoms with Gasteiger partial charge in [0.15, 0.2) is 4.77 Å². The lowest BCUT2D eigenvalue weighted by molar-refractivity contribution is -0.121. The summed E-state index contributed by atoms with van der Waals surface area (Å²) in [6, 6.07) is 14.4. The van der Waals surface area contributed by atoms with E-state index >= 15 is 0 Å². The summed E-state index contributed by atoms with van der Waals surface area (Å²) in [5.74, 6) is 0.542. The van der Waals surface area contributed by atoms with Crippen molar-refractivity contribution in [3.05, 3.63) is 70.5 Å². The number of rotatable bonds is 8. The van der Waals surface area contributed by atoms with Gasteiger partial charge in [-0.05, 0) is 67.0 Å². The average molecular weight is 438 g/mol. The van der Waals surface area contributed by atoms with Crippen molar-refractivity contribution in [1.82, 2.24) is 25.1 Å². The van der Waals surface area contributed by atoms with E-state index in [-0.39, 0.29) is 11.7 Å². The lowest BCUT2D eigenvalue weighted by Crippen LogP contribution is -2.26. The summed E-state index contributed by atoms with van der Waals surface area (Å²) in [6.07, 6.45) is 1.55. The van der Waals surface area contributed by atoms with Gasteiger partial charge in [-0.25, -0.2) is 4.39 Å². The topological polar surface area (TPSA) is 78.5 Å². The molecular weight excluding hydrogens is 413 g/mol. The van der Waals surface area contributed by atoms with Crippen LogP contribution in [-0.4, -0.2) is 32.2 Å². The highest BCUT2D eigenvalue weighted by atomic mass is 32.1. The van der Waals surface area contributed by atoms with Crippen molar-refractivity contribution < 1.29 is 9.18 Å². The number of para-hydroxylation sites is 1. The number of fused-ring (bicyclic) bond motifs is 1. The van der Waals surface area contributed by atoms with Crippen molar-refractivity contribution in [2.24, 2.45) is 0 Å². The van der Waals surface area contributed by atoms with Gasteiger partial charge in [0.25, 0.3) is 0 Å². The van der Waals surface area contributed by atoms with Crippen LogP contribution < -0.4 is 5.32 Å². The Labute approximate surface area is 184 Å². The number of hydrogen-bond acceptors (Lipinski definition) is 3. The van der Waals surface area contributed by atoms with E-state index in [1.807, 2.05) is 35.8 Å². The molecule has 0 aliphatic heterocycles. The molecule has 0 atom stereocenters. The number of aromatic amines is 2. The lowest BCUT2D eigenvalue weighted by atomic mass is 10.0. The minimum absolute atomic E-state index is 0.0208. The Balaban J connectivity index is 1.44. The number of halogens is 1. The number of H-pyrrole nitrogens is 2. The van der Waals surface area contributed by atoms with Gasteiger partial charge in [0.05, 0.1) is 0 Å². The van der Waals surface area contributed by atoms with Gasteiger partial charge in [0.2, 0.25) is 5.91 Å². The molecule has 0 aliphatic rings. The first-order chi connectivity index (χ1) is 15.1. The number of carbonyl (C=O) groups is 1. The normalized spacial score (nSPS) is 11.2. The van der Waals surface area contributed by atoms with Gasteiger partial charge >= 0.3 is 0 Å². The second-order valence-electron chi connectivity index (χ2n) is 7.32. The number of hydrogen-bond donors (Lipinski definition) is 3. The van der Waals surface area contributed by atoms with Crippen molar-refractivity contribution >= 4 is 29.0 Å². The number of nitrogens with one attached hydrogen (secondary N) is 3. The first-order valence-electron chi connectivity index (χ1n) is 10.3. The molecule has 4 rings (SSSR count). The van der Waals surface area contributed by atoms with Crippen LogP contribution >= 0.6 is 12.2 Å². The van der Waals surface area contributed by atoms with Gasteiger partial charge in [-0.15, -0.1) is 0 Å². The van der Waals surface area contributed by atoms with Crippen molar-refractivity contribution in [2.75, 3.05) is 6.54 Å². The van der Waals surface area contributed by atoms with Gasteiger partial charge in [0, 0.05) is 42.5 Å². The lowest BCUT2D eigenvalue weighted by Gasteiger charge is -2.08. The maximum absolute atomic E-state index is 13.4. The van der Waals surface area contributed by atoms with E-state index in [1.54, 1.807) is 12.1 Å². The van der Waals surface area contributed by atoms with Gasteiger partial charge in [-0.1, -0.05) is 18.2 Å². The van der Waals surface area contributed by atoms with E-state index in [0.717, 1.165) is 40.1 Å². The Kier molecular flexibility index (Phi) is 6.27. The molecule has 2 aromatic heterocycles. The predicted molar refractivity (Wildman–Crippen MR) is 122 cm³/mol. The Morgan fingerprint density at radius 1 is 1.16 bits per heavy atom. The average Bonchev–Trinajstić information content (AvgIpc) is 3.32. The van der Waals surface area contributed by atoms with Crippen molar-refractivity contribution in [3.63, 3.8) is 0 Å². The molecular formula is C23H24FN5OS. The predicted octanol–water partition coefficient (Wildman–Crippen LogP) is 4.54. The zero-order chi connectivity index (χ0) is 21.8. The summed E-state index contributed by atoms with van der Waals surface area (Å²) in [5.41, 5.74) is 3.88. The Bertz CT molecular complexity index is 1260. The van der Waals surface area contributed by atoms with Crippen LogP contribution in [-0.2, 0) is 24.2 Å². The quantitative estimate of drug-likeness (QED) is 0.354. The third kappa shape index (κ3) is 4.59. The Morgan fingerprint density at radius 2 is 1.94 bits per heavy atom. The molecule has 3 N–H and O–H groups in total. The number of aryl methyl sites for hydroxylation is 1. The number of nitrogens with zero attached hydrogens (tertiary/aromatic N) is 2. The van der Waals surface area contributed by atoms with Crippen LogP contribution in [0, 0.1) is 10.6 Å². The third-order valence-electron chi connectivity index (χ3n) is 5.37. The first-order valence-corrected chi connectivity index (χ1v) is 10.7. The largest absolute Gasteiger partial charge is 0.356 e. The SMILES string of the molecule is CCn1c(CCNC(=O)CCc2c(-c3ccc(F)cc3)[nH]c3ccccc23)n[nH]c1=S. The van der Waals surface area contributed by atoms with Gasteiger partial charge in [-0.3, -0.25) is 9.89 Å².